The molecule has 0 aliphatic carbocycles. The number of pyridine rings is 1. The van der Waals surface area contributed by atoms with E-state index in [0.717, 1.165) is 21.9 Å². The van der Waals surface area contributed by atoms with Crippen molar-refractivity contribution in [3.8, 4) is 22.8 Å². The Bertz CT molecular complexity index is 1280. The Morgan fingerprint density at radius 1 is 0.964 bits per heavy atom. The van der Waals surface area contributed by atoms with Gasteiger partial charge in [0.1, 0.15) is 24.4 Å². The molecule has 0 atom stereocenters. The van der Waals surface area contributed by atoms with Crippen LogP contribution in [-0.4, -0.2) is 19.0 Å². The van der Waals surface area contributed by atoms with E-state index in [2.05, 4.69) is 0 Å². The lowest BCUT2D eigenvalue weighted by molar-refractivity contribution is -0.633. The highest BCUT2D eigenvalue weighted by atomic mass is 19.1. The average Bonchev–Trinajstić information content (AvgIpc) is 2.66. The highest BCUT2D eigenvalue weighted by Gasteiger charge is 2.32. The summed E-state index contributed by atoms with van der Waals surface area (Å²) in [5, 5.41) is 2.58. The van der Waals surface area contributed by atoms with E-state index in [-0.39, 0.29) is 11.6 Å². The maximum absolute atomic E-state index is 15.6. The number of fused-ring (bicyclic) bond motifs is 4. The third-order valence-corrected chi connectivity index (χ3v) is 5.32. The van der Waals surface area contributed by atoms with Gasteiger partial charge in [-0.3, -0.25) is 0 Å². The molecule has 3 aromatic carbocycles. The van der Waals surface area contributed by atoms with Crippen molar-refractivity contribution in [2.24, 2.45) is 7.05 Å². The van der Waals surface area contributed by atoms with E-state index in [9.17, 15) is 4.39 Å². The zero-order chi connectivity index (χ0) is 19.6. The van der Waals surface area contributed by atoms with Crippen molar-refractivity contribution in [3.63, 3.8) is 0 Å². The van der Waals surface area contributed by atoms with Gasteiger partial charge in [-0.25, -0.2) is 4.39 Å². The number of aryl methyl sites for hydroxylation is 1. The van der Waals surface area contributed by atoms with Crippen molar-refractivity contribution < 1.29 is 18.1 Å². The number of rotatable bonds is 2. The second kappa shape index (κ2) is 5.97. The fraction of sp³-hybridized carbons (Fsp3) is 0.174. The quantitative estimate of drug-likeness (QED) is 0.320. The molecule has 0 saturated heterocycles. The van der Waals surface area contributed by atoms with Gasteiger partial charge in [-0.2, -0.15) is 8.96 Å². The van der Waals surface area contributed by atoms with Crippen molar-refractivity contribution in [2.75, 3.05) is 14.1 Å². The number of benzene rings is 3. The van der Waals surface area contributed by atoms with Crippen LogP contribution in [0.2, 0.25) is 0 Å². The van der Waals surface area contributed by atoms with Crippen LogP contribution in [-0.2, 0) is 13.6 Å². The van der Waals surface area contributed by atoms with Gasteiger partial charge in [0.2, 0.25) is 11.2 Å². The molecule has 2 heterocycles. The number of ether oxygens (including phenoxy) is 1. The van der Waals surface area contributed by atoms with Crippen molar-refractivity contribution >= 4 is 21.7 Å². The minimum Gasteiger partial charge on any atom is -0.456 e. The molecule has 1 aliphatic heterocycles. The smallest absolute Gasteiger partial charge is 0.249 e. The topological polar surface area (TPSA) is 16.4 Å². The molecule has 3 nitrogen and oxygen atoms in total. The molecular weight excluding hydrogens is 358 g/mol. The van der Waals surface area contributed by atoms with Gasteiger partial charge in [-0.1, -0.05) is 18.2 Å². The van der Waals surface area contributed by atoms with Crippen molar-refractivity contribution in [1.82, 2.24) is 4.90 Å². The van der Waals surface area contributed by atoms with Crippen LogP contribution < -0.4 is 9.30 Å². The second-order valence-corrected chi connectivity index (χ2v) is 7.50. The van der Waals surface area contributed by atoms with Gasteiger partial charge in [0.15, 0.2) is 5.82 Å². The summed E-state index contributed by atoms with van der Waals surface area (Å²) < 4.78 is 37.5. The van der Waals surface area contributed by atoms with Gasteiger partial charge in [0, 0.05) is 17.5 Å². The fourth-order valence-electron chi connectivity index (χ4n) is 4.19. The lowest BCUT2D eigenvalue weighted by atomic mass is 9.95. The first-order valence-corrected chi connectivity index (χ1v) is 9.14. The first kappa shape index (κ1) is 17.1. The number of halogens is 2. The Morgan fingerprint density at radius 2 is 1.79 bits per heavy atom. The fourth-order valence-corrected chi connectivity index (χ4v) is 4.19. The van der Waals surface area contributed by atoms with Crippen LogP contribution in [0.15, 0.2) is 48.5 Å². The molecule has 0 amide bonds. The summed E-state index contributed by atoms with van der Waals surface area (Å²) in [6.07, 6.45) is 0. The van der Waals surface area contributed by atoms with Gasteiger partial charge in [-0.15, -0.1) is 0 Å². The third kappa shape index (κ3) is 2.33. The third-order valence-electron chi connectivity index (χ3n) is 5.32. The summed E-state index contributed by atoms with van der Waals surface area (Å²) in [6, 6.07) is 14.0. The van der Waals surface area contributed by atoms with Crippen molar-refractivity contribution in [3.05, 3.63) is 65.7 Å². The standard InChI is InChI=1S/C23H19F2N2O/c1-26(2)12-13-7-9-16-15-5-4-6-19-20(15)22(27(3)23(16)21(13)25)17-11-14(24)8-10-18(17)28-19/h4-11H,12H2,1-3H3/q+1. The number of hydrogen-bond donors (Lipinski definition) is 0. The molecule has 0 bridgehead atoms. The van der Waals surface area contributed by atoms with Gasteiger partial charge in [0.05, 0.1) is 16.3 Å². The Labute approximate surface area is 161 Å². The summed E-state index contributed by atoms with van der Waals surface area (Å²) in [4.78, 5) is 1.94. The van der Waals surface area contributed by atoms with Gasteiger partial charge >= 0.3 is 0 Å². The second-order valence-electron chi connectivity index (χ2n) is 7.50. The first-order chi connectivity index (χ1) is 13.5. The predicted octanol–water partition coefficient (Wildman–Crippen LogP) is 4.93. The number of hydrogen-bond acceptors (Lipinski definition) is 2. The van der Waals surface area contributed by atoms with E-state index < -0.39 is 0 Å². The predicted molar refractivity (Wildman–Crippen MR) is 105 cm³/mol. The molecule has 140 valence electrons. The highest BCUT2D eigenvalue weighted by Crippen LogP contribution is 2.46. The zero-order valence-corrected chi connectivity index (χ0v) is 15.9. The van der Waals surface area contributed by atoms with E-state index in [1.807, 2.05) is 60.9 Å². The molecule has 0 unspecified atom stereocenters. The molecule has 1 aliphatic rings. The summed E-state index contributed by atoms with van der Waals surface area (Å²) in [7, 11) is 5.66. The average molecular weight is 377 g/mol. The molecule has 1 aromatic heterocycles. The van der Waals surface area contributed by atoms with Crippen molar-refractivity contribution in [1.29, 1.82) is 0 Å². The highest BCUT2D eigenvalue weighted by molar-refractivity contribution is 6.12. The van der Waals surface area contributed by atoms with Crippen LogP contribution in [0.5, 0.6) is 11.5 Å². The Hall–Kier alpha value is -3.05. The lowest BCUT2D eigenvalue weighted by Gasteiger charge is -2.20. The Kier molecular flexibility index (Phi) is 3.64. The largest absolute Gasteiger partial charge is 0.456 e. The number of nitrogens with zero attached hydrogens (tertiary/aromatic N) is 2. The van der Waals surface area contributed by atoms with E-state index >= 15 is 4.39 Å². The van der Waals surface area contributed by atoms with E-state index in [4.69, 9.17) is 4.74 Å². The van der Waals surface area contributed by atoms with Crippen molar-refractivity contribution in [2.45, 2.75) is 6.54 Å². The summed E-state index contributed by atoms with van der Waals surface area (Å²) in [5.41, 5.74) is 2.53. The molecule has 0 radical (unpaired) electrons. The molecule has 28 heavy (non-hydrogen) atoms. The Balaban J connectivity index is 1.97. The van der Waals surface area contributed by atoms with Crippen LogP contribution in [0.4, 0.5) is 8.78 Å². The molecule has 4 aromatic rings. The minimum atomic E-state index is -0.350. The molecule has 0 saturated carbocycles. The molecule has 5 heteroatoms. The molecule has 0 fully saturated rings. The van der Waals surface area contributed by atoms with Crippen LogP contribution in [0.3, 0.4) is 0 Å². The first-order valence-electron chi connectivity index (χ1n) is 9.14. The van der Waals surface area contributed by atoms with Crippen LogP contribution >= 0.6 is 0 Å². The van der Waals surface area contributed by atoms with Crippen LogP contribution in [0.1, 0.15) is 5.56 Å². The molecule has 5 rings (SSSR count). The van der Waals surface area contributed by atoms with E-state index in [1.54, 1.807) is 6.07 Å². The SMILES string of the molecule is CN(C)Cc1ccc2c3cccc4c3c([n+](C)c2c1F)-c1cc(F)ccc1O4. The summed E-state index contributed by atoms with van der Waals surface area (Å²) in [5.74, 6) is 0.668. The van der Waals surface area contributed by atoms with E-state index in [1.165, 1.54) is 12.1 Å². The van der Waals surface area contributed by atoms with Crippen LogP contribution in [0.25, 0.3) is 32.9 Å². The molecule has 0 N–H and O–H groups in total. The Morgan fingerprint density at radius 3 is 2.57 bits per heavy atom. The number of aromatic nitrogens is 1. The van der Waals surface area contributed by atoms with Gasteiger partial charge < -0.3 is 9.64 Å². The zero-order valence-electron chi connectivity index (χ0n) is 15.9. The summed E-state index contributed by atoms with van der Waals surface area (Å²) >= 11 is 0. The summed E-state index contributed by atoms with van der Waals surface area (Å²) in [6.45, 7) is 0.503. The minimum absolute atomic E-state index is 0.248. The van der Waals surface area contributed by atoms with Crippen LogP contribution in [0, 0.1) is 11.6 Å². The molecule has 0 spiro atoms. The van der Waals surface area contributed by atoms with E-state index in [0.29, 0.717) is 34.7 Å². The van der Waals surface area contributed by atoms with Gasteiger partial charge in [-0.05, 0) is 44.4 Å². The normalized spacial score (nSPS) is 12.5. The lowest BCUT2D eigenvalue weighted by Crippen LogP contribution is -2.34. The maximum Gasteiger partial charge on any atom is 0.249 e. The maximum atomic E-state index is 15.6. The monoisotopic (exact) mass is 377 g/mol. The van der Waals surface area contributed by atoms with Gasteiger partial charge in [0.25, 0.3) is 0 Å². The molecular formula is C23H19F2N2O+.